The van der Waals surface area contributed by atoms with E-state index in [9.17, 15) is 0 Å². The summed E-state index contributed by atoms with van der Waals surface area (Å²) >= 11 is 2.04. The van der Waals surface area contributed by atoms with Crippen LogP contribution < -0.4 is 0 Å². The fourth-order valence-electron chi connectivity index (χ4n) is 1.63. The van der Waals surface area contributed by atoms with Crippen molar-refractivity contribution in [2.75, 3.05) is 11.5 Å². The van der Waals surface area contributed by atoms with Gasteiger partial charge in [0, 0.05) is 0 Å². The number of rotatable bonds is 3. The van der Waals surface area contributed by atoms with Crippen molar-refractivity contribution in [3.05, 3.63) is 35.9 Å². The van der Waals surface area contributed by atoms with Crippen LogP contribution in [0.5, 0.6) is 0 Å². The molecule has 1 heterocycles. The van der Waals surface area contributed by atoms with E-state index in [2.05, 4.69) is 24.3 Å². The molecule has 0 amide bonds. The third-order valence-electron chi connectivity index (χ3n) is 2.50. The Kier molecular flexibility index (Phi) is 3.90. The van der Waals surface area contributed by atoms with Crippen molar-refractivity contribution >= 4 is 11.8 Å². The SMILES string of the molecule is c1ccc(COC2CCSCC2)cc1. The predicted octanol–water partition coefficient (Wildman–Crippen LogP) is 3.10. The maximum absolute atomic E-state index is 5.86. The molecule has 1 aromatic carbocycles. The van der Waals surface area contributed by atoms with Gasteiger partial charge in [0.15, 0.2) is 0 Å². The molecule has 0 atom stereocenters. The third-order valence-corrected chi connectivity index (χ3v) is 3.55. The Hall–Kier alpha value is -0.470. The van der Waals surface area contributed by atoms with Crippen molar-refractivity contribution in [3.8, 4) is 0 Å². The highest BCUT2D eigenvalue weighted by molar-refractivity contribution is 7.99. The van der Waals surface area contributed by atoms with Gasteiger partial charge in [-0.3, -0.25) is 0 Å². The Morgan fingerprint density at radius 2 is 1.86 bits per heavy atom. The van der Waals surface area contributed by atoms with Gasteiger partial charge in [-0.25, -0.2) is 0 Å². The Morgan fingerprint density at radius 3 is 2.57 bits per heavy atom. The van der Waals surface area contributed by atoms with E-state index >= 15 is 0 Å². The van der Waals surface area contributed by atoms with E-state index in [1.54, 1.807) is 0 Å². The third kappa shape index (κ3) is 3.03. The Labute approximate surface area is 89.9 Å². The second-order valence-corrected chi connectivity index (χ2v) is 4.83. The molecule has 0 unspecified atom stereocenters. The average molecular weight is 208 g/mol. The zero-order valence-electron chi connectivity index (χ0n) is 8.32. The Bertz CT molecular complexity index is 254. The van der Waals surface area contributed by atoms with E-state index in [0.29, 0.717) is 6.10 Å². The largest absolute Gasteiger partial charge is 0.373 e. The van der Waals surface area contributed by atoms with Crippen LogP contribution in [0.25, 0.3) is 0 Å². The van der Waals surface area contributed by atoms with Crippen molar-refractivity contribution in [3.63, 3.8) is 0 Å². The van der Waals surface area contributed by atoms with Gasteiger partial charge < -0.3 is 4.74 Å². The molecular formula is C12H16OS. The zero-order chi connectivity index (χ0) is 9.64. The second-order valence-electron chi connectivity index (χ2n) is 3.61. The van der Waals surface area contributed by atoms with Gasteiger partial charge in [0.05, 0.1) is 12.7 Å². The molecule has 14 heavy (non-hydrogen) atoms. The summed E-state index contributed by atoms with van der Waals surface area (Å²) in [4.78, 5) is 0. The van der Waals surface area contributed by atoms with Gasteiger partial charge in [-0.05, 0) is 29.9 Å². The van der Waals surface area contributed by atoms with Crippen LogP contribution >= 0.6 is 11.8 Å². The summed E-state index contributed by atoms with van der Waals surface area (Å²) < 4.78 is 5.86. The summed E-state index contributed by atoms with van der Waals surface area (Å²) in [6.45, 7) is 0.774. The van der Waals surface area contributed by atoms with E-state index in [4.69, 9.17) is 4.74 Å². The smallest absolute Gasteiger partial charge is 0.0720 e. The van der Waals surface area contributed by atoms with Crippen LogP contribution in [0, 0.1) is 0 Å². The van der Waals surface area contributed by atoms with E-state index in [0.717, 1.165) is 6.61 Å². The first-order chi connectivity index (χ1) is 6.95. The van der Waals surface area contributed by atoms with E-state index in [-0.39, 0.29) is 0 Å². The van der Waals surface area contributed by atoms with Gasteiger partial charge >= 0.3 is 0 Å². The Balaban J connectivity index is 1.76. The summed E-state index contributed by atoms with van der Waals surface area (Å²) in [6.07, 6.45) is 2.94. The number of ether oxygens (including phenoxy) is 1. The lowest BCUT2D eigenvalue weighted by atomic mass is 10.2. The molecule has 1 aromatic rings. The van der Waals surface area contributed by atoms with Crippen molar-refractivity contribution < 1.29 is 4.74 Å². The molecule has 0 radical (unpaired) electrons. The van der Waals surface area contributed by atoms with Gasteiger partial charge in [-0.1, -0.05) is 30.3 Å². The van der Waals surface area contributed by atoms with Gasteiger partial charge in [0.25, 0.3) is 0 Å². The first-order valence-corrected chi connectivity index (χ1v) is 6.34. The van der Waals surface area contributed by atoms with Crippen LogP contribution in [0.1, 0.15) is 18.4 Å². The molecule has 0 saturated carbocycles. The monoisotopic (exact) mass is 208 g/mol. The number of hydrogen-bond acceptors (Lipinski definition) is 2. The maximum Gasteiger partial charge on any atom is 0.0720 e. The summed E-state index contributed by atoms with van der Waals surface area (Å²) in [5, 5.41) is 0. The van der Waals surface area contributed by atoms with Crippen LogP contribution in [0.15, 0.2) is 30.3 Å². The minimum Gasteiger partial charge on any atom is -0.373 e. The van der Waals surface area contributed by atoms with Crippen molar-refractivity contribution in [1.29, 1.82) is 0 Å². The van der Waals surface area contributed by atoms with Crippen molar-refractivity contribution in [2.24, 2.45) is 0 Å². The van der Waals surface area contributed by atoms with Crippen LogP contribution in [0.4, 0.5) is 0 Å². The standard InChI is InChI=1S/C12H16OS/c1-2-4-11(5-3-1)10-13-12-6-8-14-9-7-12/h1-5,12H,6-10H2. The summed E-state index contributed by atoms with van der Waals surface area (Å²) in [5.74, 6) is 2.53. The molecule has 0 spiro atoms. The molecule has 1 fully saturated rings. The fraction of sp³-hybridized carbons (Fsp3) is 0.500. The fourth-order valence-corrected chi connectivity index (χ4v) is 2.69. The molecule has 2 rings (SSSR count). The van der Waals surface area contributed by atoms with Crippen LogP contribution in [0.3, 0.4) is 0 Å². The minimum atomic E-state index is 0.497. The first-order valence-electron chi connectivity index (χ1n) is 5.18. The molecule has 76 valence electrons. The lowest BCUT2D eigenvalue weighted by Gasteiger charge is -2.21. The molecule has 0 bridgehead atoms. The number of hydrogen-bond donors (Lipinski definition) is 0. The van der Waals surface area contributed by atoms with Crippen LogP contribution in [-0.4, -0.2) is 17.6 Å². The highest BCUT2D eigenvalue weighted by Crippen LogP contribution is 2.20. The topological polar surface area (TPSA) is 9.23 Å². The predicted molar refractivity (Wildman–Crippen MR) is 61.6 cm³/mol. The van der Waals surface area contributed by atoms with Crippen LogP contribution in [0.2, 0.25) is 0 Å². The second kappa shape index (κ2) is 5.42. The normalized spacial score (nSPS) is 18.3. The lowest BCUT2D eigenvalue weighted by Crippen LogP contribution is -2.18. The number of thioether (sulfide) groups is 1. The molecular weight excluding hydrogens is 192 g/mol. The van der Waals surface area contributed by atoms with Crippen molar-refractivity contribution in [1.82, 2.24) is 0 Å². The molecule has 0 N–H and O–H groups in total. The zero-order valence-corrected chi connectivity index (χ0v) is 9.13. The van der Waals surface area contributed by atoms with Crippen LogP contribution in [-0.2, 0) is 11.3 Å². The van der Waals surface area contributed by atoms with E-state index in [1.165, 1.54) is 29.9 Å². The van der Waals surface area contributed by atoms with Crippen molar-refractivity contribution in [2.45, 2.75) is 25.6 Å². The van der Waals surface area contributed by atoms with E-state index < -0.39 is 0 Å². The van der Waals surface area contributed by atoms with Gasteiger partial charge in [0.1, 0.15) is 0 Å². The molecule has 1 nitrogen and oxygen atoms in total. The molecule has 0 aliphatic carbocycles. The summed E-state index contributed by atoms with van der Waals surface area (Å²) in [6, 6.07) is 10.4. The van der Waals surface area contributed by atoms with Gasteiger partial charge in [0.2, 0.25) is 0 Å². The molecule has 1 saturated heterocycles. The highest BCUT2D eigenvalue weighted by Gasteiger charge is 2.13. The average Bonchev–Trinajstić information content (AvgIpc) is 2.29. The highest BCUT2D eigenvalue weighted by atomic mass is 32.2. The maximum atomic E-state index is 5.86. The Morgan fingerprint density at radius 1 is 1.14 bits per heavy atom. The summed E-state index contributed by atoms with van der Waals surface area (Å²) in [7, 11) is 0. The van der Waals surface area contributed by atoms with Gasteiger partial charge in [-0.15, -0.1) is 0 Å². The minimum absolute atomic E-state index is 0.497. The molecule has 0 aromatic heterocycles. The summed E-state index contributed by atoms with van der Waals surface area (Å²) in [5.41, 5.74) is 1.28. The lowest BCUT2D eigenvalue weighted by molar-refractivity contribution is 0.0356. The molecule has 1 aliphatic rings. The number of benzene rings is 1. The quantitative estimate of drug-likeness (QED) is 0.755. The molecule has 2 heteroatoms. The van der Waals surface area contributed by atoms with E-state index in [1.807, 2.05) is 17.8 Å². The first kappa shape index (κ1) is 10.1. The molecule has 1 aliphatic heterocycles. The van der Waals surface area contributed by atoms with Gasteiger partial charge in [-0.2, -0.15) is 11.8 Å².